The number of aryl methyl sites for hydroxylation is 1. The van der Waals surface area contributed by atoms with Gasteiger partial charge in [0, 0.05) is 0 Å². The third-order valence-electron chi connectivity index (χ3n) is 9.04. The molecular weight excluding hydrogens is 647 g/mol. The van der Waals surface area contributed by atoms with Gasteiger partial charge in [-0.15, -0.1) is 0 Å². The van der Waals surface area contributed by atoms with E-state index < -0.39 is 18.1 Å². The molecule has 0 aliphatic heterocycles. The van der Waals surface area contributed by atoms with E-state index in [4.69, 9.17) is 14.2 Å². The smallest absolute Gasteiger partial charge is 0.343 e. The monoisotopic (exact) mass is 702 g/mol. The Morgan fingerprint density at radius 3 is 2.09 bits per heavy atom. The van der Waals surface area contributed by atoms with Gasteiger partial charge in [0.1, 0.15) is 17.6 Å². The quantitative estimate of drug-likeness (QED) is 0.0694. The number of unbranched alkanes of at least 4 members (excludes halogenated alkanes) is 10. The van der Waals surface area contributed by atoms with Gasteiger partial charge in [-0.25, -0.2) is 14.0 Å². The third-order valence-corrected chi connectivity index (χ3v) is 9.66. The van der Waals surface area contributed by atoms with Crippen molar-refractivity contribution in [2.24, 2.45) is 5.92 Å². The number of alkyl halides is 1. The second-order valence-electron chi connectivity index (χ2n) is 12.9. The molecular formula is C39H56BrFO5. The highest BCUT2D eigenvalue weighted by Gasteiger charge is 2.27. The van der Waals surface area contributed by atoms with Crippen molar-refractivity contribution in [3.05, 3.63) is 58.1 Å². The number of halogens is 2. The largest absolute Gasteiger partial charge is 0.492 e. The summed E-state index contributed by atoms with van der Waals surface area (Å²) in [6.45, 7) is 4.91. The molecule has 0 saturated heterocycles. The highest BCUT2D eigenvalue weighted by atomic mass is 79.9. The maximum absolute atomic E-state index is 13.9. The van der Waals surface area contributed by atoms with Crippen molar-refractivity contribution in [1.29, 1.82) is 0 Å². The molecule has 5 nitrogen and oxygen atoms in total. The van der Waals surface area contributed by atoms with Crippen LogP contribution < -0.4 is 9.47 Å². The summed E-state index contributed by atoms with van der Waals surface area (Å²) in [6.07, 6.45) is 18.6. The molecule has 0 aromatic heterocycles. The molecule has 0 radical (unpaired) electrons. The maximum atomic E-state index is 13.9. The van der Waals surface area contributed by atoms with Crippen LogP contribution in [0.25, 0.3) is 0 Å². The van der Waals surface area contributed by atoms with Crippen LogP contribution in [-0.2, 0) is 16.0 Å². The lowest BCUT2D eigenvalue weighted by Crippen LogP contribution is -2.29. The van der Waals surface area contributed by atoms with Gasteiger partial charge in [-0.3, -0.25) is 0 Å². The van der Waals surface area contributed by atoms with Gasteiger partial charge in [0.25, 0.3) is 0 Å². The Labute approximate surface area is 285 Å². The molecule has 1 aliphatic carbocycles. The average Bonchev–Trinajstić information content (AvgIpc) is 3.07. The molecule has 256 valence electrons. The first-order valence-electron chi connectivity index (χ1n) is 18.0. The Morgan fingerprint density at radius 2 is 1.46 bits per heavy atom. The van der Waals surface area contributed by atoms with Crippen LogP contribution >= 0.6 is 15.9 Å². The fourth-order valence-electron chi connectivity index (χ4n) is 6.06. The van der Waals surface area contributed by atoms with E-state index >= 15 is 0 Å². The van der Waals surface area contributed by atoms with Crippen LogP contribution in [0, 0.1) is 5.92 Å². The number of hydrogen-bond acceptors (Lipinski definition) is 5. The molecule has 1 saturated carbocycles. The lowest BCUT2D eigenvalue weighted by Gasteiger charge is -2.28. The number of carbonyl (C=O) groups excluding carboxylic acids is 2. The predicted octanol–water partition coefficient (Wildman–Crippen LogP) is 11.5. The minimum Gasteiger partial charge on any atom is -0.492 e. The van der Waals surface area contributed by atoms with Crippen molar-refractivity contribution in [3.8, 4) is 11.5 Å². The molecule has 0 unspecified atom stereocenters. The Kier molecular flexibility index (Phi) is 18.4. The lowest BCUT2D eigenvalue weighted by atomic mass is 9.83. The molecule has 1 aliphatic rings. The zero-order valence-corrected chi connectivity index (χ0v) is 29.8. The van der Waals surface area contributed by atoms with Crippen LogP contribution in [0.1, 0.15) is 145 Å². The summed E-state index contributed by atoms with van der Waals surface area (Å²) in [6, 6.07) is 13.0. The molecule has 0 amide bonds. The maximum Gasteiger partial charge on any atom is 0.343 e. The topological polar surface area (TPSA) is 61.8 Å². The van der Waals surface area contributed by atoms with Crippen molar-refractivity contribution >= 4 is 27.9 Å². The van der Waals surface area contributed by atoms with E-state index in [-0.39, 0.29) is 12.5 Å². The van der Waals surface area contributed by atoms with Gasteiger partial charge in [-0.2, -0.15) is 0 Å². The van der Waals surface area contributed by atoms with E-state index in [0.717, 1.165) is 61.6 Å². The molecule has 3 rings (SSSR count). The normalized spacial score (nSPS) is 17.0. The van der Waals surface area contributed by atoms with Gasteiger partial charge < -0.3 is 14.2 Å². The fraction of sp³-hybridized carbons (Fsp3) is 0.641. The number of ether oxygens (including phenoxy) is 3. The first-order chi connectivity index (χ1) is 22.4. The molecule has 1 fully saturated rings. The third kappa shape index (κ3) is 14.6. The van der Waals surface area contributed by atoms with E-state index in [1.807, 2.05) is 37.3 Å². The summed E-state index contributed by atoms with van der Waals surface area (Å²) in [5.74, 6) is 0.720. The summed E-state index contributed by atoms with van der Waals surface area (Å²) in [7, 11) is 0. The average molecular weight is 704 g/mol. The zero-order valence-electron chi connectivity index (χ0n) is 28.2. The van der Waals surface area contributed by atoms with E-state index in [0.29, 0.717) is 30.3 Å². The lowest BCUT2D eigenvalue weighted by molar-refractivity contribution is -0.157. The molecule has 7 heteroatoms. The number of carbonyl (C=O) groups is 2. The highest BCUT2D eigenvalue weighted by molar-refractivity contribution is 9.10. The van der Waals surface area contributed by atoms with Crippen molar-refractivity contribution in [1.82, 2.24) is 0 Å². The highest BCUT2D eigenvalue weighted by Crippen LogP contribution is 2.31. The van der Waals surface area contributed by atoms with Crippen molar-refractivity contribution in [2.75, 3.05) is 6.61 Å². The molecule has 1 atom stereocenters. The van der Waals surface area contributed by atoms with Gasteiger partial charge in [0.05, 0.1) is 16.6 Å². The van der Waals surface area contributed by atoms with Crippen molar-refractivity contribution in [2.45, 2.75) is 148 Å². The molecule has 0 heterocycles. The SMILES string of the molecule is CCCCCCCCCCCCOc1ccc(C(=O)Oc2ccc(CC[C@H]3CC[C@H](OC(=O)[C@H](F)CCCC)CC3)cc2)cc1Br. The Balaban J connectivity index is 1.30. The first-order valence-corrected chi connectivity index (χ1v) is 18.8. The molecule has 0 N–H and O–H groups in total. The van der Waals surface area contributed by atoms with Crippen LogP contribution in [0.4, 0.5) is 4.39 Å². The second-order valence-corrected chi connectivity index (χ2v) is 13.8. The van der Waals surface area contributed by atoms with E-state index in [1.165, 1.54) is 63.4 Å². The van der Waals surface area contributed by atoms with Crippen molar-refractivity contribution in [3.63, 3.8) is 0 Å². The number of hydrogen-bond donors (Lipinski definition) is 0. The zero-order chi connectivity index (χ0) is 33.0. The Morgan fingerprint density at radius 1 is 0.826 bits per heavy atom. The van der Waals surface area contributed by atoms with Gasteiger partial charge in [0.2, 0.25) is 0 Å². The molecule has 2 aromatic rings. The number of rotatable bonds is 22. The standard InChI is InChI=1S/C39H56BrFO5/c1-3-5-7-8-9-10-11-12-13-14-28-44-37-27-22-32(29-35(37)40)38(42)45-33-23-18-30(19-24-33)16-17-31-20-25-34(26-21-31)46-39(43)36(41)15-6-4-2/h18-19,22-24,27,29,31,34,36H,3-17,20-21,25-26,28H2,1-2H3/t31-,34-,36-/m1/s1. The minimum atomic E-state index is -1.49. The fourth-order valence-corrected chi connectivity index (χ4v) is 6.55. The van der Waals surface area contributed by atoms with E-state index in [9.17, 15) is 14.0 Å². The Hall–Kier alpha value is -2.41. The van der Waals surface area contributed by atoms with E-state index in [1.54, 1.807) is 12.1 Å². The summed E-state index contributed by atoms with van der Waals surface area (Å²) in [4.78, 5) is 24.8. The number of esters is 2. The molecule has 2 aromatic carbocycles. The number of benzene rings is 2. The first kappa shape index (κ1) is 38.0. The van der Waals surface area contributed by atoms with Crippen molar-refractivity contribution < 1.29 is 28.2 Å². The minimum absolute atomic E-state index is 0.156. The summed E-state index contributed by atoms with van der Waals surface area (Å²) >= 11 is 3.55. The van der Waals surface area contributed by atoms with Crippen LogP contribution in [-0.4, -0.2) is 30.8 Å². The summed E-state index contributed by atoms with van der Waals surface area (Å²) in [5, 5.41) is 0. The van der Waals surface area contributed by atoms with Crippen LogP contribution in [0.2, 0.25) is 0 Å². The van der Waals surface area contributed by atoms with Crippen LogP contribution in [0.15, 0.2) is 46.9 Å². The summed E-state index contributed by atoms with van der Waals surface area (Å²) in [5.41, 5.74) is 1.66. The Bertz CT molecular complexity index is 1150. The molecule has 0 spiro atoms. The van der Waals surface area contributed by atoms with Crippen LogP contribution in [0.5, 0.6) is 11.5 Å². The van der Waals surface area contributed by atoms with Gasteiger partial charge in [-0.05, 0) is 109 Å². The van der Waals surface area contributed by atoms with Gasteiger partial charge >= 0.3 is 11.9 Å². The van der Waals surface area contributed by atoms with Gasteiger partial charge in [0.15, 0.2) is 6.17 Å². The van der Waals surface area contributed by atoms with E-state index in [2.05, 4.69) is 22.9 Å². The predicted molar refractivity (Wildman–Crippen MR) is 187 cm³/mol. The van der Waals surface area contributed by atoms with Gasteiger partial charge in [-0.1, -0.05) is 96.6 Å². The summed E-state index contributed by atoms with van der Waals surface area (Å²) < 4.78 is 31.7. The molecule has 0 bridgehead atoms. The molecule has 46 heavy (non-hydrogen) atoms. The van der Waals surface area contributed by atoms with Crippen LogP contribution in [0.3, 0.4) is 0 Å². The second kappa shape index (κ2) is 22.2.